The first-order chi connectivity index (χ1) is 16.0. The minimum atomic E-state index is -6.58. The van der Waals surface area contributed by atoms with E-state index in [2.05, 4.69) is 0 Å². The summed E-state index contributed by atoms with van der Waals surface area (Å²) in [5, 5.41) is 18.3. The van der Waals surface area contributed by atoms with Crippen LogP contribution in [-0.4, -0.2) is 33.9 Å². The molecular formula is C20H14F12N2O2. The van der Waals surface area contributed by atoms with Crippen molar-refractivity contribution in [2.24, 2.45) is 0 Å². The molecule has 2 rings (SSSR count). The van der Waals surface area contributed by atoms with E-state index in [4.69, 9.17) is 21.7 Å². The maximum atomic E-state index is 14.2. The molecule has 0 fully saturated rings. The second kappa shape index (κ2) is 8.58. The Morgan fingerprint density at radius 3 is 1.06 bits per heavy atom. The summed E-state index contributed by atoms with van der Waals surface area (Å²) in [6.07, 6.45) is -3.50. The van der Waals surface area contributed by atoms with Gasteiger partial charge in [0, 0.05) is 11.1 Å². The molecule has 0 aromatic heterocycles. The van der Waals surface area contributed by atoms with Crippen molar-refractivity contribution in [3.05, 3.63) is 59.7 Å². The molecule has 0 atom stereocenters. The number of phenols is 2. The molecule has 0 saturated carbocycles. The minimum absolute atomic E-state index is 0.0320. The Hall–Kier alpha value is -3.46. The number of anilines is 2. The molecule has 6 N–H and O–H groups in total. The summed E-state index contributed by atoms with van der Waals surface area (Å²) in [6, 6.07) is 0.689. The van der Waals surface area contributed by atoms with Crippen molar-refractivity contribution in [1.82, 2.24) is 0 Å². The first-order valence-electron chi connectivity index (χ1n) is 9.18. The Kier molecular flexibility index (Phi) is 6.86. The molecule has 0 saturated heterocycles. The lowest BCUT2D eigenvalue weighted by Crippen LogP contribution is -2.53. The summed E-state index contributed by atoms with van der Waals surface area (Å²) >= 11 is 0. The highest BCUT2D eigenvalue weighted by atomic mass is 19.4. The van der Waals surface area contributed by atoms with Crippen LogP contribution >= 0.6 is 0 Å². The highest BCUT2D eigenvalue weighted by molar-refractivity contribution is 5.55. The number of nitrogens with two attached hydrogens (primary N) is 2. The van der Waals surface area contributed by atoms with E-state index in [9.17, 15) is 52.7 Å². The van der Waals surface area contributed by atoms with Crippen LogP contribution in [0.25, 0.3) is 0 Å². The number of benzene rings is 2. The summed E-state index contributed by atoms with van der Waals surface area (Å²) in [4.78, 5) is 0. The van der Waals surface area contributed by atoms with E-state index >= 15 is 0 Å². The minimum Gasteiger partial charge on any atom is -0.506 e. The highest BCUT2D eigenvalue weighted by Gasteiger charge is 2.73. The summed E-state index contributed by atoms with van der Waals surface area (Å²) in [5.74, 6) is -39.3. The van der Waals surface area contributed by atoms with Crippen LogP contribution in [0.2, 0.25) is 0 Å². The summed E-state index contributed by atoms with van der Waals surface area (Å²) in [6.45, 7) is 0. The first-order valence-corrected chi connectivity index (χ1v) is 9.18. The number of phenolic OH excluding ortho intramolecular Hbond substituents is 2. The number of halogens is 12. The monoisotopic (exact) mass is 542 g/mol. The Morgan fingerprint density at radius 1 is 0.528 bits per heavy atom. The number of nitrogen functional groups attached to an aromatic ring is 2. The molecule has 0 aliphatic carbocycles. The third kappa shape index (κ3) is 4.43. The molecule has 2 aromatic rings. The van der Waals surface area contributed by atoms with Gasteiger partial charge in [0.15, 0.2) is 0 Å². The van der Waals surface area contributed by atoms with E-state index in [1.165, 1.54) is 0 Å². The molecule has 0 unspecified atom stereocenters. The molecular weight excluding hydrogens is 528 g/mol. The summed E-state index contributed by atoms with van der Waals surface area (Å²) < 4.78 is 169. The van der Waals surface area contributed by atoms with Gasteiger partial charge in [-0.25, -0.2) is 0 Å². The molecule has 2 aromatic carbocycles. The van der Waals surface area contributed by atoms with Crippen LogP contribution in [0.4, 0.5) is 64.1 Å². The van der Waals surface area contributed by atoms with Gasteiger partial charge in [0.1, 0.15) is 11.5 Å². The van der Waals surface area contributed by atoms with Gasteiger partial charge in [-0.15, -0.1) is 0 Å². The van der Waals surface area contributed by atoms with Gasteiger partial charge in [-0.3, -0.25) is 0 Å². The van der Waals surface area contributed by atoms with Crippen molar-refractivity contribution in [1.29, 1.82) is 0 Å². The number of alkyl halides is 12. The van der Waals surface area contributed by atoms with Crippen molar-refractivity contribution < 1.29 is 62.9 Å². The molecule has 0 aliphatic rings. The van der Waals surface area contributed by atoms with Gasteiger partial charge in [-0.1, -0.05) is 0 Å². The zero-order valence-electron chi connectivity index (χ0n) is 17.2. The largest absolute Gasteiger partial charge is 0.506 e. The average molecular weight is 542 g/mol. The van der Waals surface area contributed by atoms with E-state index in [-0.39, 0.29) is 24.3 Å². The Balaban J connectivity index is 2.47. The van der Waals surface area contributed by atoms with Crippen LogP contribution in [-0.2, 0) is 11.8 Å². The van der Waals surface area contributed by atoms with Gasteiger partial charge in [0.25, 0.3) is 0 Å². The van der Waals surface area contributed by atoms with Crippen LogP contribution in [0.3, 0.4) is 0 Å². The van der Waals surface area contributed by atoms with E-state index < -0.39 is 81.7 Å². The van der Waals surface area contributed by atoms with Crippen LogP contribution in [0.1, 0.15) is 11.1 Å². The maximum absolute atomic E-state index is 14.2. The molecule has 0 amide bonds. The van der Waals surface area contributed by atoms with Crippen molar-refractivity contribution >= 4 is 11.4 Å². The fourth-order valence-corrected chi connectivity index (χ4v) is 2.70. The smallest absolute Gasteiger partial charge is 0.380 e. The second-order valence-corrected chi connectivity index (χ2v) is 7.42. The summed E-state index contributed by atoms with van der Waals surface area (Å²) in [7, 11) is 0. The summed E-state index contributed by atoms with van der Waals surface area (Å²) in [5.41, 5.74) is 4.34. The average Bonchev–Trinajstić information content (AvgIpc) is 2.75. The normalized spacial score (nSPS) is 14.4. The van der Waals surface area contributed by atoms with Crippen molar-refractivity contribution in [2.75, 3.05) is 11.5 Å². The van der Waals surface area contributed by atoms with Gasteiger partial charge in [0.05, 0.1) is 11.4 Å². The molecule has 4 nitrogen and oxygen atoms in total. The third-order valence-electron chi connectivity index (χ3n) is 4.91. The molecule has 16 heteroatoms. The molecule has 36 heavy (non-hydrogen) atoms. The Labute approximate surface area is 193 Å². The Morgan fingerprint density at radius 2 is 0.806 bits per heavy atom. The number of rotatable bonds is 8. The van der Waals surface area contributed by atoms with Crippen LogP contribution in [0.15, 0.2) is 48.6 Å². The Bertz CT molecular complexity index is 1080. The molecule has 0 bridgehead atoms. The predicted octanol–water partition coefficient (Wildman–Crippen LogP) is 6.24. The van der Waals surface area contributed by atoms with Gasteiger partial charge in [-0.05, 0) is 48.6 Å². The van der Waals surface area contributed by atoms with Gasteiger partial charge in [0.2, 0.25) is 0 Å². The SMILES string of the molecule is Nc1cc(C(F)(F)C(F)(F)C(F)(F)C=CC(F)(F)C(F)(F)C(F)(F)c2ccc(O)c(N)c2)ccc1O. The van der Waals surface area contributed by atoms with Gasteiger partial charge < -0.3 is 21.7 Å². The fraction of sp³-hybridized carbons (Fsp3) is 0.300. The van der Waals surface area contributed by atoms with Crippen molar-refractivity contribution in [3.8, 4) is 11.5 Å². The standard InChI is InChI=1S/C20H14F12N2O2/c21-15(22,19(29,30)17(25,26)9-1-3-13(35)11(33)7-9)5-6-16(23,24)20(31,32)18(27,28)10-2-4-14(36)12(34)8-10/h1-8,35-36H,33-34H2. The molecule has 0 aliphatic heterocycles. The third-order valence-corrected chi connectivity index (χ3v) is 4.91. The van der Waals surface area contributed by atoms with Crippen LogP contribution < -0.4 is 11.5 Å². The van der Waals surface area contributed by atoms with Gasteiger partial charge in [-0.2, -0.15) is 52.7 Å². The zero-order chi connectivity index (χ0) is 28.1. The number of allylic oxidation sites excluding steroid dienone is 2. The van der Waals surface area contributed by atoms with E-state index in [1.807, 2.05) is 0 Å². The fourth-order valence-electron chi connectivity index (χ4n) is 2.70. The van der Waals surface area contributed by atoms with Crippen LogP contribution in [0.5, 0.6) is 11.5 Å². The first kappa shape index (κ1) is 28.8. The zero-order valence-corrected chi connectivity index (χ0v) is 17.2. The highest BCUT2D eigenvalue weighted by Crippen LogP contribution is 2.55. The van der Waals surface area contributed by atoms with E-state index in [1.54, 1.807) is 0 Å². The molecule has 200 valence electrons. The van der Waals surface area contributed by atoms with Crippen molar-refractivity contribution in [2.45, 2.75) is 35.5 Å². The van der Waals surface area contributed by atoms with E-state index in [0.717, 1.165) is 0 Å². The van der Waals surface area contributed by atoms with Crippen molar-refractivity contribution in [3.63, 3.8) is 0 Å². The number of aromatic hydroxyl groups is 2. The second-order valence-electron chi connectivity index (χ2n) is 7.42. The lowest BCUT2D eigenvalue weighted by molar-refractivity contribution is -0.304. The predicted molar refractivity (Wildman–Crippen MR) is 102 cm³/mol. The molecule has 0 radical (unpaired) electrons. The van der Waals surface area contributed by atoms with E-state index in [0.29, 0.717) is 12.1 Å². The van der Waals surface area contributed by atoms with Crippen LogP contribution in [0, 0.1) is 0 Å². The van der Waals surface area contributed by atoms with Gasteiger partial charge >= 0.3 is 35.5 Å². The molecule has 0 heterocycles. The number of hydrogen-bond donors (Lipinski definition) is 4. The number of hydrogen-bond acceptors (Lipinski definition) is 4. The lowest BCUT2D eigenvalue weighted by Gasteiger charge is -2.33. The maximum Gasteiger partial charge on any atom is 0.380 e. The molecule has 0 spiro atoms. The lowest BCUT2D eigenvalue weighted by atomic mass is 9.94. The quantitative estimate of drug-likeness (QED) is 0.138. The topological polar surface area (TPSA) is 92.5 Å².